The van der Waals surface area contributed by atoms with E-state index in [1.54, 1.807) is 0 Å². The fraction of sp³-hybridized carbons (Fsp3) is 0.368. The molecule has 0 unspecified atom stereocenters. The van der Waals surface area contributed by atoms with Crippen LogP contribution in [0.4, 0.5) is 0 Å². The Bertz CT molecular complexity index is 616. The van der Waals surface area contributed by atoms with Crippen molar-refractivity contribution in [3.05, 3.63) is 62.5 Å². The smallest absolute Gasteiger partial charge is 0.148 e. The molecule has 3 rings (SSSR count). The summed E-state index contributed by atoms with van der Waals surface area (Å²) < 4.78 is 7.96. The first kappa shape index (κ1) is 17.0. The van der Waals surface area contributed by atoms with Gasteiger partial charge in [-0.3, -0.25) is 0 Å². The van der Waals surface area contributed by atoms with E-state index >= 15 is 0 Å². The molecule has 0 atom stereocenters. The topological polar surface area (TPSA) is 21.3 Å². The molecule has 1 aliphatic rings. The number of hydrogen-bond acceptors (Lipinski definition) is 2. The number of benzene rings is 2. The fourth-order valence-electron chi connectivity index (χ4n) is 2.97. The zero-order valence-electron chi connectivity index (χ0n) is 13.0. The van der Waals surface area contributed by atoms with Crippen molar-refractivity contribution in [3.8, 4) is 5.75 Å². The van der Waals surface area contributed by atoms with E-state index < -0.39 is 0 Å². The molecule has 1 fully saturated rings. The van der Waals surface area contributed by atoms with Crippen molar-refractivity contribution >= 4 is 31.9 Å². The molecule has 0 heterocycles. The minimum Gasteiger partial charge on any atom is -0.487 e. The van der Waals surface area contributed by atoms with E-state index in [-0.39, 0.29) is 0 Å². The second kappa shape index (κ2) is 8.32. The first-order valence-electron chi connectivity index (χ1n) is 8.10. The Morgan fingerprint density at radius 2 is 1.61 bits per heavy atom. The van der Waals surface area contributed by atoms with Gasteiger partial charge in [-0.1, -0.05) is 43.2 Å². The maximum atomic E-state index is 5.97. The van der Waals surface area contributed by atoms with Crippen LogP contribution < -0.4 is 10.1 Å². The first-order chi connectivity index (χ1) is 11.2. The van der Waals surface area contributed by atoms with Crippen molar-refractivity contribution < 1.29 is 4.74 Å². The summed E-state index contributed by atoms with van der Waals surface area (Å²) in [4.78, 5) is 0. The van der Waals surface area contributed by atoms with Crippen molar-refractivity contribution in [2.75, 3.05) is 0 Å². The third-order valence-corrected chi connectivity index (χ3v) is 5.41. The number of ether oxygens (including phenoxy) is 1. The van der Waals surface area contributed by atoms with Gasteiger partial charge in [-0.15, -0.1) is 0 Å². The van der Waals surface area contributed by atoms with Crippen molar-refractivity contribution in [1.82, 2.24) is 5.32 Å². The summed E-state index contributed by atoms with van der Waals surface area (Å²) in [6.45, 7) is 1.47. The van der Waals surface area contributed by atoms with Gasteiger partial charge in [0.15, 0.2) is 0 Å². The average Bonchev–Trinajstić information content (AvgIpc) is 3.06. The van der Waals surface area contributed by atoms with Crippen LogP contribution in [0.5, 0.6) is 5.75 Å². The van der Waals surface area contributed by atoms with E-state index in [1.807, 2.05) is 18.2 Å². The Labute approximate surface area is 154 Å². The monoisotopic (exact) mass is 437 g/mol. The lowest BCUT2D eigenvalue weighted by Gasteiger charge is -2.15. The molecule has 0 spiro atoms. The molecule has 0 saturated heterocycles. The summed E-state index contributed by atoms with van der Waals surface area (Å²) in [6.07, 6.45) is 5.33. The van der Waals surface area contributed by atoms with Crippen molar-refractivity contribution in [2.45, 2.75) is 44.9 Å². The van der Waals surface area contributed by atoms with E-state index in [1.165, 1.54) is 36.8 Å². The minimum absolute atomic E-state index is 0.567. The zero-order chi connectivity index (χ0) is 16.1. The number of hydrogen-bond donors (Lipinski definition) is 1. The van der Waals surface area contributed by atoms with Gasteiger partial charge in [-0.05, 0) is 68.0 Å². The molecule has 1 saturated carbocycles. The predicted molar refractivity (Wildman–Crippen MR) is 102 cm³/mol. The van der Waals surface area contributed by atoms with E-state index in [0.717, 1.165) is 21.2 Å². The molecule has 0 aliphatic heterocycles. The minimum atomic E-state index is 0.567. The van der Waals surface area contributed by atoms with Crippen LogP contribution in [0.25, 0.3) is 0 Å². The number of halogens is 2. The lowest BCUT2D eigenvalue weighted by Crippen LogP contribution is -2.25. The standard InChI is InChI=1S/C19H21Br2NO/c20-17-10-15(12-22-16-8-4-5-9-16)11-18(21)19(17)23-13-14-6-2-1-3-7-14/h1-3,6-7,10-11,16,22H,4-5,8-9,12-13H2. The summed E-state index contributed by atoms with van der Waals surface area (Å²) in [7, 11) is 0. The molecular formula is C19H21Br2NO. The second-order valence-electron chi connectivity index (χ2n) is 6.03. The molecule has 0 amide bonds. The third kappa shape index (κ3) is 4.82. The Morgan fingerprint density at radius 1 is 0.957 bits per heavy atom. The van der Waals surface area contributed by atoms with E-state index in [4.69, 9.17) is 4.74 Å². The van der Waals surface area contributed by atoms with E-state index in [0.29, 0.717) is 12.6 Å². The Morgan fingerprint density at radius 3 is 2.26 bits per heavy atom. The zero-order valence-corrected chi connectivity index (χ0v) is 16.2. The van der Waals surface area contributed by atoms with Crippen LogP contribution in [0.2, 0.25) is 0 Å². The molecule has 23 heavy (non-hydrogen) atoms. The average molecular weight is 439 g/mol. The Kier molecular flexibility index (Phi) is 6.15. The van der Waals surface area contributed by atoms with Crippen molar-refractivity contribution in [2.24, 2.45) is 0 Å². The maximum absolute atomic E-state index is 5.97. The Hall–Kier alpha value is -0.840. The molecule has 0 radical (unpaired) electrons. The molecule has 2 nitrogen and oxygen atoms in total. The largest absolute Gasteiger partial charge is 0.487 e. The van der Waals surface area contributed by atoms with Gasteiger partial charge in [0.1, 0.15) is 12.4 Å². The second-order valence-corrected chi connectivity index (χ2v) is 7.73. The predicted octanol–water partition coefficient (Wildman–Crippen LogP) is 5.82. The molecule has 0 bridgehead atoms. The molecule has 2 aromatic carbocycles. The normalized spacial score (nSPS) is 15.0. The fourth-order valence-corrected chi connectivity index (χ4v) is 4.48. The molecule has 0 aromatic heterocycles. The third-order valence-electron chi connectivity index (χ3n) is 4.23. The number of nitrogens with one attached hydrogen (secondary N) is 1. The van der Waals surface area contributed by atoms with Crippen molar-refractivity contribution in [3.63, 3.8) is 0 Å². The van der Waals surface area contributed by atoms with E-state index in [2.05, 4.69) is 61.4 Å². The summed E-state index contributed by atoms with van der Waals surface area (Å²) in [5.74, 6) is 0.860. The van der Waals surface area contributed by atoms with Crippen LogP contribution in [-0.4, -0.2) is 6.04 Å². The lowest BCUT2D eigenvalue weighted by molar-refractivity contribution is 0.302. The van der Waals surface area contributed by atoms with Crippen LogP contribution >= 0.6 is 31.9 Å². The highest BCUT2D eigenvalue weighted by molar-refractivity contribution is 9.11. The maximum Gasteiger partial charge on any atom is 0.148 e. The summed E-state index contributed by atoms with van der Waals surface area (Å²) in [6, 6.07) is 15.2. The van der Waals surface area contributed by atoms with Crippen LogP contribution in [0.15, 0.2) is 51.4 Å². The van der Waals surface area contributed by atoms with Gasteiger partial charge in [0.2, 0.25) is 0 Å². The SMILES string of the molecule is Brc1cc(CNC2CCCC2)cc(Br)c1OCc1ccccc1. The first-order valence-corrected chi connectivity index (χ1v) is 9.69. The quantitative estimate of drug-likeness (QED) is 0.613. The molecule has 1 aliphatic carbocycles. The molecule has 122 valence electrons. The van der Waals surface area contributed by atoms with Crippen LogP contribution in [-0.2, 0) is 13.2 Å². The van der Waals surface area contributed by atoms with Gasteiger partial charge < -0.3 is 10.1 Å². The summed E-state index contributed by atoms with van der Waals surface area (Å²) in [5, 5.41) is 3.65. The number of rotatable bonds is 6. The molecule has 4 heteroatoms. The lowest BCUT2D eigenvalue weighted by atomic mass is 10.2. The van der Waals surface area contributed by atoms with Gasteiger partial charge >= 0.3 is 0 Å². The van der Waals surface area contributed by atoms with Crippen molar-refractivity contribution in [1.29, 1.82) is 0 Å². The van der Waals surface area contributed by atoms with Gasteiger partial charge in [0.05, 0.1) is 8.95 Å². The van der Waals surface area contributed by atoms with Crippen LogP contribution in [0.1, 0.15) is 36.8 Å². The van der Waals surface area contributed by atoms with Gasteiger partial charge in [-0.25, -0.2) is 0 Å². The van der Waals surface area contributed by atoms with Gasteiger partial charge in [-0.2, -0.15) is 0 Å². The highest BCUT2D eigenvalue weighted by atomic mass is 79.9. The van der Waals surface area contributed by atoms with Crippen LogP contribution in [0, 0.1) is 0 Å². The van der Waals surface area contributed by atoms with Crippen LogP contribution in [0.3, 0.4) is 0 Å². The summed E-state index contributed by atoms with van der Waals surface area (Å²) in [5.41, 5.74) is 2.43. The van der Waals surface area contributed by atoms with E-state index in [9.17, 15) is 0 Å². The highest BCUT2D eigenvalue weighted by Crippen LogP contribution is 2.35. The highest BCUT2D eigenvalue weighted by Gasteiger charge is 2.15. The van der Waals surface area contributed by atoms with Gasteiger partial charge in [0.25, 0.3) is 0 Å². The molecule has 2 aromatic rings. The molecule has 1 N–H and O–H groups in total. The molecular weight excluding hydrogens is 418 g/mol. The summed E-state index contributed by atoms with van der Waals surface area (Å²) >= 11 is 7.28. The Balaban J connectivity index is 1.62. The van der Waals surface area contributed by atoms with Gasteiger partial charge in [0, 0.05) is 12.6 Å².